The minimum absolute atomic E-state index is 0.720. The monoisotopic (exact) mass is 328 g/mol. The zero-order valence-corrected chi connectivity index (χ0v) is 12.6. The molecule has 0 saturated heterocycles. The molecule has 0 bridgehead atoms. The minimum Gasteiger partial charge on any atom is -0.311 e. The molecule has 0 amide bonds. The SMILES string of the molecule is CCNCc1cnnn1-c1cc(Cl)c(C)cc1Br. The maximum atomic E-state index is 6.16. The highest BCUT2D eigenvalue weighted by Gasteiger charge is 2.11. The molecule has 1 aromatic heterocycles. The molecule has 2 rings (SSSR count). The van der Waals surface area contributed by atoms with Gasteiger partial charge in [0, 0.05) is 16.0 Å². The second-order valence-electron chi connectivity index (χ2n) is 3.97. The minimum atomic E-state index is 0.720. The molecule has 2 aromatic rings. The summed E-state index contributed by atoms with van der Waals surface area (Å²) in [5.74, 6) is 0. The Hall–Kier alpha value is -0.910. The quantitative estimate of drug-likeness (QED) is 0.937. The van der Waals surface area contributed by atoms with E-state index in [0.717, 1.165) is 39.5 Å². The van der Waals surface area contributed by atoms with Gasteiger partial charge in [-0.05, 0) is 47.1 Å². The van der Waals surface area contributed by atoms with Crippen LogP contribution in [0.5, 0.6) is 0 Å². The first kappa shape index (κ1) is 13.5. The van der Waals surface area contributed by atoms with Crippen molar-refractivity contribution in [2.24, 2.45) is 0 Å². The highest BCUT2D eigenvalue weighted by Crippen LogP contribution is 2.28. The van der Waals surface area contributed by atoms with E-state index in [1.807, 2.05) is 19.1 Å². The molecule has 6 heteroatoms. The Morgan fingerprint density at radius 3 is 2.94 bits per heavy atom. The lowest BCUT2D eigenvalue weighted by atomic mass is 10.2. The number of hydrogen-bond donors (Lipinski definition) is 1. The lowest BCUT2D eigenvalue weighted by Crippen LogP contribution is -2.15. The molecule has 0 fully saturated rings. The summed E-state index contributed by atoms with van der Waals surface area (Å²) in [4.78, 5) is 0. The summed E-state index contributed by atoms with van der Waals surface area (Å²) in [5, 5.41) is 12.0. The van der Waals surface area contributed by atoms with Crippen LogP contribution in [0.1, 0.15) is 18.2 Å². The van der Waals surface area contributed by atoms with E-state index in [2.05, 4.69) is 38.5 Å². The van der Waals surface area contributed by atoms with Crippen LogP contribution in [0.15, 0.2) is 22.8 Å². The van der Waals surface area contributed by atoms with Crippen LogP contribution >= 0.6 is 27.5 Å². The lowest BCUT2D eigenvalue weighted by molar-refractivity contribution is 0.671. The van der Waals surface area contributed by atoms with Crippen molar-refractivity contribution in [3.63, 3.8) is 0 Å². The van der Waals surface area contributed by atoms with Gasteiger partial charge in [0.1, 0.15) is 0 Å². The molecule has 96 valence electrons. The number of nitrogens with one attached hydrogen (secondary N) is 1. The largest absolute Gasteiger partial charge is 0.311 e. The van der Waals surface area contributed by atoms with Crippen LogP contribution in [0.3, 0.4) is 0 Å². The van der Waals surface area contributed by atoms with Gasteiger partial charge in [0.15, 0.2) is 0 Å². The molecule has 0 aliphatic carbocycles. The van der Waals surface area contributed by atoms with E-state index in [0.29, 0.717) is 0 Å². The van der Waals surface area contributed by atoms with Gasteiger partial charge in [-0.15, -0.1) is 5.10 Å². The Labute approximate surface area is 119 Å². The van der Waals surface area contributed by atoms with Crippen LogP contribution < -0.4 is 5.32 Å². The van der Waals surface area contributed by atoms with Crippen molar-refractivity contribution in [2.45, 2.75) is 20.4 Å². The molecule has 0 aliphatic heterocycles. The van der Waals surface area contributed by atoms with Gasteiger partial charge in [0.25, 0.3) is 0 Å². The number of benzene rings is 1. The second-order valence-corrected chi connectivity index (χ2v) is 5.23. The lowest BCUT2D eigenvalue weighted by Gasteiger charge is -2.10. The van der Waals surface area contributed by atoms with E-state index < -0.39 is 0 Å². The van der Waals surface area contributed by atoms with Gasteiger partial charge in [0.05, 0.1) is 17.6 Å². The number of halogens is 2. The summed E-state index contributed by atoms with van der Waals surface area (Å²) in [5.41, 5.74) is 2.93. The summed E-state index contributed by atoms with van der Waals surface area (Å²) < 4.78 is 2.74. The van der Waals surface area contributed by atoms with Crippen molar-refractivity contribution in [3.05, 3.63) is 39.1 Å². The van der Waals surface area contributed by atoms with Crippen molar-refractivity contribution in [3.8, 4) is 5.69 Å². The van der Waals surface area contributed by atoms with Gasteiger partial charge >= 0.3 is 0 Å². The van der Waals surface area contributed by atoms with Crippen molar-refractivity contribution in [1.29, 1.82) is 0 Å². The first-order valence-electron chi connectivity index (χ1n) is 5.69. The third-order valence-corrected chi connectivity index (χ3v) is 3.67. The average molecular weight is 330 g/mol. The van der Waals surface area contributed by atoms with Crippen molar-refractivity contribution < 1.29 is 0 Å². The van der Waals surface area contributed by atoms with Gasteiger partial charge in [-0.3, -0.25) is 0 Å². The average Bonchev–Trinajstić information content (AvgIpc) is 2.79. The topological polar surface area (TPSA) is 42.7 Å². The molecule has 1 aromatic carbocycles. The van der Waals surface area contributed by atoms with Crippen molar-refractivity contribution >= 4 is 27.5 Å². The van der Waals surface area contributed by atoms with Crippen LogP contribution in [0.2, 0.25) is 5.02 Å². The summed E-state index contributed by atoms with van der Waals surface area (Å²) in [6, 6.07) is 3.88. The molecule has 0 spiro atoms. The predicted octanol–water partition coefficient (Wildman–Crippen LogP) is 3.10. The fourth-order valence-electron chi connectivity index (χ4n) is 1.63. The first-order valence-corrected chi connectivity index (χ1v) is 6.87. The molecule has 1 N–H and O–H groups in total. The number of aryl methyl sites for hydroxylation is 1. The van der Waals surface area contributed by atoms with Crippen molar-refractivity contribution in [2.75, 3.05) is 6.54 Å². The van der Waals surface area contributed by atoms with E-state index in [9.17, 15) is 0 Å². The predicted molar refractivity (Wildman–Crippen MR) is 76.2 cm³/mol. The molecule has 18 heavy (non-hydrogen) atoms. The fourth-order valence-corrected chi connectivity index (χ4v) is 2.41. The summed E-state index contributed by atoms with van der Waals surface area (Å²) in [6.45, 7) is 5.66. The molecular weight excluding hydrogens is 316 g/mol. The fraction of sp³-hybridized carbons (Fsp3) is 0.333. The molecule has 0 unspecified atom stereocenters. The molecule has 0 atom stereocenters. The number of hydrogen-bond acceptors (Lipinski definition) is 3. The Bertz CT molecular complexity index is 553. The Morgan fingerprint density at radius 1 is 1.44 bits per heavy atom. The standard InChI is InChI=1S/C12H14BrClN4/c1-3-15-6-9-7-16-17-18(9)12-5-11(14)8(2)4-10(12)13/h4-5,7,15H,3,6H2,1-2H3. The molecule has 0 saturated carbocycles. The van der Waals surface area contributed by atoms with Crippen LogP contribution in [0.25, 0.3) is 5.69 Å². The third kappa shape index (κ3) is 2.74. The normalized spacial score (nSPS) is 10.9. The number of rotatable bonds is 4. The first-order chi connectivity index (χ1) is 8.63. The summed E-state index contributed by atoms with van der Waals surface area (Å²) in [6.07, 6.45) is 1.75. The molecule has 0 radical (unpaired) electrons. The molecule has 1 heterocycles. The molecule has 0 aliphatic rings. The van der Waals surface area contributed by atoms with Crippen LogP contribution in [0, 0.1) is 6.92 Å². The second kappa shape index (κ2) is 5.82. The van der Waals surface area contributed by atoms with E-state index >= 15 is 0 Å². The third-order valence-electron chi connectivity index (χ3n) is 2.63. The van der Waals surface area contributed by atoms with Gasteiger partial charge in [0.2, 0.25) is 0 Å². The maximum absolute atomic E-state index is 6.16. The molecule has 4 nitrogen and oxygen atoms in total. The zero-order valence-electron chi connectivity index (χ0n) is 10.2. The van der Waals surface area contributed by atoms with Gasteiger partial charge in [-0.2, -0.15) is 0 Å². The van der Waals surface area contributed by atoms with Crippen LogP contribution in [-0.2, 0) is 6.54 Å². The van der Waals surface area contributed by atoms with E-state index in [-0.39, 0.29) is 0 Å². The van der Waals surface area contributed by atoms with E-state index in [1.165, 1.54) is 0 Å². The van der Waals surface area contributed by atoms with Gasteiger partial charge in [-0.1, -0.05) is 23.7 Å². The van der Waals surface area contributed by atoms with Crippen molar-refractivity contribution in [1.82, 2.24) is 20.3 Å². The zero-order chi connectivity index (χ0) is 13.1. The Morgan fingerprint density at radius 2 is 2.22 bits per heavy atom. The number of nitrogens with zero attached hydrogens (tertiary/aromatic N) is 3. The highest BCUT2D eigenvalue weighted by atomic mass is 79.9. The van der Waals surface area contributed by atoms with E-state index in [4.69, 9.17) is 11.6 Å². The molecular formula is C12H14BrClN4. The number of aromatic nitrogens is 3. The highest BCUT2D eigenvalue weighted by molar-refractivity contribution is 9.10. The van der Waals surface area contributed by atoms with Crippen LogP contribution in [-0.4, -0.2) is 21.5 Å². The van der Waals surface area contributed by atoms with Crippen LogP contribution in [0.4, 0.5) is 0 Å². The summed E-state index contributed by atoms with van der Waals surface area (Å²) >= 11 is 9.70. The van der Waals surface area contributed by atoms with Gasteiger partial charge in [-0.25, -0.2) is 4.68 Å². The smallest absolute Gasteiger partial charge is 0.0824 e. The maximum Gasteiger partial charge on any atom is 0.0824 e. The van der Waals surface area contributed by atoms with E-state index in [1.54, 1.807) is 10.9 Å². The van der Waals surface area contributed by atoms with Gasteiger partial charge < -0.3 is 5.32 Å². The Balaban J connectivity index is 2.42. The summed E-state index contributed by atoms with van der Waals surface area (Å²) in [7, 11) is 0. The Kier molecular flexibility index (Phi) is 4.37.